The van der Waals surface area contributed by atoms with Crippen LogP contribution in [0, 0.1) is 0 Å². The molecule has 0 saturated heterocycles. The van der Waals surface area contributed by atoms with Crippen molar-refractivity contribution < 1.29 is 29.0 Å². The summed E-state index contributed by atoms with van der Waals surface area (Å²) in [6, 6.07) is 31.6. The van der Waals surface area contributed by atoms with Crippen LogP contribution in [-0.2, 0) is 22.4 Å². The number of nitrogens with one attached hydrogen (secondary N) is 2. The highest BCUT2D eigenvalue weighted by Crippen LogP contribution is 2.26. The number of carboxylic acid groups (broad SMARTS) is 1. The number of ether oxygens (including phenoxy) is 2. The quantitative estimate of drug-likeness (QED) is 0.0985. The molecular formula is C34H34N2O6. The summed E-state index contributed by atoms with van der Waals surface area (Å²) < 4.78 is 11.3. The highest BCUT2D eigenvalue weighted by atomic mass is 16.5. The third kappa shape index (κ3) is 9.52. The fourth-order valence-electron chi connectivity index (χ4n) is 4.25. The van der Waals surface area contributed by atoms with Crippen LogP contribution in [0.3, 0.4) is 0 Å². The van der Waals surface area contributed by atoms with E-state index in [0.29, 0.717) is 55.8 Å². The minimum Gasteiger partial charge on any atom is -0.494 e. The van der Waals surface area contributed by atoms with Crippen LogP contribution in [0.15, 0.2) is 109 Å². The summed E-state index contributed by atoms with van der Waals surface area (Å²) in [7, 11) is 0. The van der Waals surface area contributed by atoms with Gasteiger partial charge in [-0.05, 0) is 66.8 Å². The van der Waals surface area contributed by atoms with Crippen molar-refractivity contribution in [2.45, 2.75) is 31.7 Å². The first-order valence-corrected chi connectivity index (χ1v) is 13.9. The maximum absolute atomic E-state index is 12.5. The molecule has 0 aliphatic rings. The van der Waals surface area contributed by atoms with Gasteiger partial charge in [0.25, 0.3) is 0 Å². The Morgan fingerprint density at radius 3 is 2.14 bits per heavy atom. The molecule has 4 aromatic carbocycles. The molecule has 1 amide bonds. The van der Waals surface area contributed by atoms with E-state index in [1.54, 1.807) is 48.5 Å². The summed E-state index contributed by atoms with van der Waals surface area (Å²) in [5.41, 5.74) is 2.77. The zero-order valence-corrected chi connectivity index (χ0v) is 23.2. The molecule has 42 heavy (non-hydrogen) atoms. The molecule has 0 bridgehead atoms. The number of para-hydroxylation sites is 2. The van der Waals surface area contributed by atoms with E-state index in [1.807, 2.05) is 60.7 Å². The molecule has 1 atom stereocenters. The van der Waals surface area contributed by atoms with Crippen LogP contribution in [0.2, 0.25) is 0 Å². The third-order valence-electron chi connectivity index (χ3n) is 6.49. The second-order valence-corrected chi connectivity index (χ2v) is 9.68. The molecule has 0 aliphatic carbocycles. The van der Waals surface area contributed by atoms with Crippen LogP contribution in [0.5, 0.6) is 11.5 Å². The molecule has 0 fully saturated rings. The van der Waals surface area contributed by atoms with Gasteiger partial charge in [0, 0.05) is 6.54 Å². The summed E-state index contributed by atoms with van der Waals surface area (Å²) in [6.45, 7) is 0.992. The summed E-state index contributed by atoms with van der Waals surface area (Å²) in [4.78, 5) is 36.6. The van der Waals surface area contributed by atoms with Gasteiger partial charge in [-0.25, -0.2) is 9.59 Å². The zero-order valence-electron chi connectivity index (χ0n) is 23.2. The third-order valence-corrected chi connectivity index (χ3v) is 6.49. The molecule has 1 unspecified atom stereocenters. The lowest BCUT2D eigenvalue weighted by Crippen LogP contribution is -2.30. The Kier molecular flexibility index (Phi) is 11.1. The van der Waals surface area contributed by atoms with E-state index < -0.39 is 18.0 Å². The standard InChI is InChI=1S/C34H34N2O6/c37-32(24-26-10-3-1-4-11-26)35-22-9-23-41-28-19-16-25(17-20-28)18-21-30(33(38)39)36-29-14-7-8-15-31(29)42-34(40)27-12-5-2-6-13-27/h1-8,10-17,19-20,30,36H,9,18,21-24H2,(H,35,37)(H,38,39). The monoisotopic (exact) mass is 566 g/mol. The van der Waals surface area contributed by atoms with Crippen LogP contribution in [0.25, 0.3) is 0 Å². The molecule has 216 valence electrons. The molecule has 8 heteroatoms. The maximum atomic E-state index is 12.5. The number of amides is 1. The number of aryl methyl sites for hydroxylation is 1. The Morgan fingerprint density at radius 2 is 1.43 bits per heavy atom. The minimum absolute atomic E-state index is 0.0172. The number of carboxylic acids is 1. The number of benzene rings is 4. The van der Waals surface area contributed by atoms with E-state index in [0.717, 1.165) is 11.1 Å². The van der Waals surface area contributed by atoms with E-state index in [1.165, 1.54) is 0 Å². The highest BCUT2D eigenvalue weighted by molar-refractivity contribution is 5.92. The Morgan fingerprint density at radius 1 is 0.762 bits per heavy atom. The van der Waals surface area contributed by atoms with Crippen LogP contribution < -0.4 is 20.1 Å². The predicted molar refractivity (Wildman–Crippen MR) is 161 cm³/mol. The zero-order chi connectivity index (χ0) is 29.6. The van der Waals surface area contributed by atoms with Crippen molar-refractivity contribution >= 4 is 23.5 Å². The molecular weight excluding hydrogens is 532 g/mol. The lowest BCUT2D eigenvalue weighted by molar-refractivity contribution is -0.138. The summed E-state index contributed by atoms with van der Waals surface area (Å²) in [5, 5.41) is 15.8. The first kappa shape index (κ1) is 29.9. The van der Waals surface area contributed by atoms with Crippen molar-refractivity contribution in [3.8, 4) is 11.5 Å². The molecule has 0 radical (unpaired) electrons. The second kappa shape index (κ2) is 15.6. The topological polar surface area (TPSA) is 114 Å². The van der Waals surface area contributed by atoms with Crippen molar-refractivity contribution in [1.29, 1.82) is 0 Å². The fraction of sp³-hybridized carbons (Fsp3) is 0.206. The first-order chi connectivity index (χ1) is 20.5. The number of rotatable bonds is 15. The maximum Gasteiger partial charge on any atom is 0.343 e. The number of anilines is 1. The van der Waals surface area contributed by atoms with Gasteiger partial charge >= 0.3 is 11.9 Å². The van der Waals surface area contributed by atoms with Crippen LogP contribution in [0.4, 0.5) is 5.69 Å². The average molecular weight is 567 g/mol. The predicted octanol–water partition coefficient (Wildman–Crippen LogP) is 5.53. The number of hydrogen-bond donors (Lipinski definition) is 3. The smallest absolute Gasteiger partial charge is 0.343 e. The molecule has 3 N–H and O–H groups in total. The Hall–Kier alpha value is -5.11. The number of carbonyl (C=O) groups excluding carboxylic acids is 2. The van der Waals surface area contributed by atoms with E-state index in [-0.39, 0.29) is 11.7 Å². The fourth-order valence-corrected chi connectivity index (χ4v) is 4.25. The molecule has 8 nitrogen and oxygen atoms in total. The summed E-state index contributed by atoms with van der Waals surface area (Å²) in [5.74, 6) is -0.579. The van der Waals surface area contributed by atoms with Crippen molar-refractivity contribution in [2.75, 3.05) is 18.5 Å². The largest absolute Gasteiger partial charge is 0.494 e. The van der Waals surface area contributed by atoms with Gasteiger partial charge < -0.3 is 25.2 Å². The molecule has 0 spiro atoms. The van der Waals surface area contributed by atoms with Crippen molar-refractivity contribution in [1.82, 2.24) is 5.32 Å². The second-order valence-electron chi connectivity index (χ2n) is 9.68. The number of esters is 1. The van der Waals surface area contributed by atoms with E-state index in [4.69, 9.17) is 9.47 Å². The summed E-state index contributed by atoms with van der Waals surface area (Å²) in [6.07, 6.45) is 1.87. The molecule has 0 aliphatic heterocycles. The lowest BCUT2D eigenvalue weighted by atomic mass is 10.0. The van der Waals surface area contributed by atoms with Crippen molar-refractivity contribution in [3.05, 3.63) is 126 Å². The van der Waals surface area contributed by atoms with Gasteiger partial charge in [0.15, 0.2) is 5.75 Å². The molecule has 0 aromatic heterocycles. The van der Waals surface area contributed by atoms with Gasteiger partial charge in [-0.1, -0.05) is 72.8 Å². The van der Waals surface area contributed by atoms with Crippen LogP contribution >= 0.6 is 0 Å². The summed E-state index contributed by atoms with van der Waals surface area (Å²) >= 11 is 0. The van der Waals surface area contributed by atoms with Gasteiger partial charge in [0.2, 0.25) is 5.91 Å². The molecule has 4 aromatic rings. The van der Waals surface area contributed by atoms with Gasteiger partial charge in [-0.15, -0.1) is 0 Å². The van der Waals surface area contributed by atoms with Gasteiger partial charge in [0.05, 0.1) is 24.3 Å². The number of hydrogen-bond acceptors (Lipinski definition) is 6. The normalized spacial score (nSPS) is 11.2. The van der Waals surface area contributed by atoms with Crippen LogP contribution in [0.1, 0.15) is 34.3 Å². The number of carbonyl (C=O) groups is 3. The Balaban J connectivity index is 1.21. The van der Waals surface area contributed by atoms with Gasteiger partial charge in [-0.3, -0.25) is 4.79 Å². The Bertz CT molecular complexity index is 1440. The van der Waals surface area contributed by atoms with E-state index in [2.05, 4.69) is 10.6 Å². The lowest BCUT2D eigenvalue weighted by Gasteiger charge is -2.18. The molecule has 4 rings (SSSR count). The van der Waals surface area contributed by atoms with Gasteiger partial charge in [0.1, 0.15) is 11.8 Å². The van der Waals surface area contributed by atoms with E-state index >= 15 is 0 Å². The average Bonchev–Trinajstić information content (AvgIpc) is 3.01. The highest BCUT2D eigenvalue weighted by Gasteiger charge is 2.20. The van der Waals surface area contributed by atoms with Crippen LogP contribution in [-0.4, -0.2) is 42.1 Å². The van der Waals surface area contributed by atoms with Gasteiger partial charge in [-0.2, -0.15) is 0 Å². The minimum atomic E-state index is -1.00. The van der Waals surface area contributed by atoms with Crippen molar-refractivity contribution in [3.63, 3.8) is 0 Å². The first-order valence-electron chi connectivity index (χ1n) is 13.9. The number of aliphatic carboxylic acids is 1. The molecule has 0 heterocycles. The van der Waals surface area contributed by atoms with Crippen molar-refractivity contribution in [2.24, 2.45) is 0 Å². The van der Waals surface area contributed by atoms with E-state index in [9.17, 15) is 19.5 Å². The molecule has 0 saturated carbocycles. The Labute approximate surface area is 245 Å². The SMILES string of the molecule is O=C(Cc1ccccc1)NCCCOc1ccc(CCC(Nc2ccccc2OC(=O)c2ccccc2)C(=O)O)cc1.